The van der Waals surface area contributed by atoms with Crippen molar-refractivity contribution in [2.45, 2.75) is 0 Å². The van der Waals surface area contributed by atoms with Gasteiger partial charge >= 0.3 is 32.9 Å². The topological polar surface area (TPSA) is 80.9 Å². The Morgan fingerprint density at radius 1 is 1.30 bits per heavy atom. The van der Waals surface area contributed by atoms with Crippen LogP contribution in [0.1, 0.15) is 0 Å². The molecule has 4 N–H and O–H groups in total. The molecule has 0 amide bonds. The third-order valence-corrected chi connectivity index (χ3v) is 0.376. The summed E-state index contributed by atoms with van der Waals surface area (Å²) >= 11 is 0.150. The molecule has 6 heteroatoms. The first-order valence-corrected chi connectivity index (χ1v) is 5.31. The molecule has 0 saturated heterocycles. The fraction of sp³-hybridized carbons (Fsp3) is 0. The van der Waals surface area contributed by atoms with E-state index >= 15 is 0 Å². The summed E-state index contributed by atoms with van der Waals surface area (Å²) in [4.78, 5) is 0. The van der Waals surface area contributed by atoms with Crippen LogP contribution >= 0.6 is 11.6 Å². The van der Waals surface area contributed by atoms with Gasteiger partial charge < -0.3 is 0 Å². The third-order valence-electron chi connectivity index (χ3n) is 0.221. The Labute approximate surface area is 69.0 Å². The van der Waals surface area contributed by atoms with Gasteiger partial charge in [0.1, 0.15) is 0 Å². The summed E-state index contributed by atoms with van der Waals surface area (Å²) in [6.07, 6.45) is 1.49. The standard InChI is InChI=1S/C4H5Cl.4H2O.Ti/c1-3-4(2)5;;;;;/h3H,1-2H2;4*1H2;/q;;;;;+4/p-4. The molecule has 0 heterocycles. The van der Waals surface area contributed by atoms with Crippen molar-refractivity contribution in [3.63, 3.8) is 0 Å². The maximum absolute atomic E-state index is 7.38. The first-order valence-electron chi connectivity index (χ1n) is 2.13. The molecule has 0 radical (unpaired) electrons. The van der Waals surface area contributed by atoms with Crippen molar-refractivity contribution in [3.05, 3.63) is 24.3 Å². The van der Waals surface area contributed by atoms with Crippen molar-refractivity contribution in [1.29, 1.82) is 0 Å². The zero-order valence-corrected chi connectivity index (χ0v) is 7.48. The van der Waals surface area contributed by atoms with Crippen molar-refractivity contribution in [1.82, 2.24) is 0 Å². The van der Waals surface area contributed by atoms with E-state index in [1.807, 2.05) is 0 Å². The molecule has 0 aliphatic heterocycles. The number of halogens is 1. The van der Waals surface area contributed by atoms with Gasteiger partial charge in [-0.05, 0) is 0 Å². The Morgan fingerprint density at radius 3 is 1.40 bits per heavy atom. The molecule has 0 unspecified atom stereocenters. The molecule has 4 nitrogen and oxygen atoms in total. The summed E-state index contributed by atoms with van der Waals surface area (Å²) in [5.74, 6) is 0. The van der Waals surface area contributed by atoms with Gasteiger partial charge in [-0.2, -0.15) is 0 Å². The van der Waals surface area contributed by atoms with Gasteiger partial charge in [-0.1, -0.05) is 30.8 Å². The molecule has 60 valence electrons. The predicted octanol–water partition coefficient (Wildman–Crippen LogP) is -0.306. The molecule has 0 aromatic rings. The number of allylic oxidation sites excluding steroid dienone is 2. The van der Waals surface area contributed by atoms with Gasteiger partial charge in [-0.3, -0.25) is 0 Å². The summed E-state index contributed by atoms with van der Waals surface area (Å²) in [5, 5.41) is 0.491. The fourth-order valence-electron chi connectivity index (χ4n) is 0. The summed E-state index contributed by atoms with van der Waals surface area (Å²) in [5.41, 5.74) is 0. The molecular weight excluding hydrogens is 195 g/mol. The molecule has 0 aromatic heterocycles. The molecule has 0 spiro atoms. The van der Waals surface area contributed by atoms with Crippen LogP contribution in [0.15, 0.2) is 24.3 Å². The van der Waals surface area contributed by atoms with Crippen molar-refractivity contribution in [2.75, 3.05) is 0 Å². The molecule has 0 aliphatic rings. The second kappa shape index (κ2) is 6.06. The van der Waals surface area contributed by atoms with Gasteiger partial charge in [0.15, 0.2) is 0 Å². The zero-order chi connectivity index (χ0) is 8.78. The summed E-state index contributed by atoms with van der Waals surface area (Å²) in [6.45, 7) is 6.65. The van der Waals surface area contributed by atoms with E-state index in [1.165, 1.54) is 6.08 Å². The van der Waals surface area contributed by atoms with Gasteiger partial charge in [-0.25, -0.2) is 0 Å². The van der Waals surface area contributed by atoms with Crippen LogP contribution in [0.5, 0.6) is 0 Å². The van der Waals surface area contributed by atoms with Crippen LogP contribution in [0.3, 0.4) is 0 Å². The van der Waals surface area contributed by atoms with E-state index in [0.717, 1.165) is 0 Å². The van der Waals surface area contributed by atoms with Gasteiger partial charge in [0.25, 0.3) is 0 Å². The van der Waals surface area contributed by atoms with Crippen molar-refractivity contribution in [2.24, 2.45) is 0 Å². The Balaban J connectivity index is 0. The van der Waals surface area contributed by atoms with Crippen LogP contribution in [0, 0.1) is 0 Å². The number of rotatable bonds is 1. The number of hydrogen-bond donors (Lipinski definition) is 4. The molecular formula is C4H9ClO4Ti. The Bertz CT molecular complexity index is 113. The molecule has 0 aliphatic carbocycles. The Hall–Kier alpha value is 0.324. The van der Waals surface area contributed by atoms with Gasteiger partial charge in [0.05, 0.1) is 0 Å². The van der Waals surface area contributed by atoms with Crippen molar-refractivity contribution >= 4 is 11.6 Å². The van der Waals surface area contributed by atoms with E-state index in [-0.39, 0.29) is 0 Å². The van der Waals surface area contributed by atoms with Crippen LogP contribution in [-0.4, -0.2) is 14.8 Å². The average molecular weight is 204 g/mol. The van der Waals surface area contributed by atoms with Crippen LogP contribution < -0.4 is 0 Å². The minimum absolute atomic E-state index is 0.491. The van der Waals surface area contributed by atoms with Crippen molar-refractivity contribution in [3.8, 4) is 0 Å². The molecule has 0 rings (SSSR count). The molecule has 0 fully saturated rings. The van der Waals surface area contributed by atoms with E-state index in [9.17, 15) is 0 Å². The van der Waals surface area contributed by atoms with E-state index in [0.29, 0.717) is 5.03 Å². The van der Waals surface area contributed by atoms with E-state index in [4.69, 9.17) is 26.4 Å². The summed E-state index contributed by atoms with van der Waals surface area (Å²) in [7, 11) is 0. The van der Waals surface area contributed by atoms with E-state index in [1.54, 1.807) is 0 Å². The molecule has 0 bridgehead atoms. The van der Waals surface area contributed by atoms with Crippen LogP contribution in [0.4, 0.5) is 0 Å². The summed E-state index contributed by atoms with van der Waals surface area (Å²) < 4.78 is 29.5. The fourth-order valence-corrected chi connectivity index (χ4v) is 0. The summed E-state index contributed by atoms with van der Waals surface area (Å²) in [6, 6.07) is 0. The number of hydrogen-bond acceptors (Lipinski definition) is 4. The normalized spacial score (nSPS) is 9.30. The average Bonchev–Trinajstić information content (AvgIpc) is 1.61. The second-order valence-corrected chi connectivity index (χ2v) is 3.61. The Kier molecular flexibility index (Phi) is 7.85. The van der Waals surface area contributed by atoms with E-state index < -0.39 is 18.1 Å². The quantitative estimate of drug-likeness (QED) is 0.349. The SMILES string of the molecule is C=CC(=C)Cl.[OH][Ti]([OH])([OH])[OH]. The van der Waals surface area contributed by atoms with Crippen molar-refractivity contribution < 1.29 is 32.9 Å². The van der Waals surface area contributed by atoms with Crippen LogP contribution in [0.25, 0.3) is 0 Å². The van der Waals surface area contributed by atoms with Gasteiger partial charge in [-0.15, -0.1) is 0 Å². The molecule has 0 saturated carbocycles. The monoisotopic (exact) mass is 204 g/mol. The molecule has 0 atom stereocenters. The molecule has 0 aromatic carbocycles. The van der Waals surface area contributed by atoms with Crippen LogP contribution in [0.2, 0.25) is 0 Å². The predicted molar refractivity (Wildman–Crippen MR) is 34.1 cm³/mol. The zero-order valence-electron chi connectivity index (χ0n) is 5.16. The molecule has 10 heavy (non-hydrogen) atoms. The third kappa shape index (κ3) is 82.7. The minimum atomic E-state index is -5.00. The maximum atomic E-state index is 7.38. The Morgan fingerprint density at radius 2 is 1.40 bits per heavy atom. The van der Waals surface area contributed by atoms with Gasteiger partial charge in [0, 0.05) is 5.03 Å². The first kappa shape index (κ1) is 13.0. The van der Waals surface area contributed by atoms with E-state index in [2.05, 4.69) is 13.2 Å². The second-order valence-electron chi connectivity index (χ2n) is 1.25. The van der Waals surface area contributed by atoms with Crippen LogP contribution in [-0.2, 0) is 18.1 Å². The van der Waals surface area contributed by atoms with Gasteiger partial charge in [0.2, 0.25) is 0 Å². The first-order chi connectivity index (χ1) is 4.27.